The third-order valence-corrected chi connectivity index (χ3v) is 5.45. The van der Waals surface area contributed by atoms with Crippen LogP contribution in [0.25, 0.3) is 0 Å². The van der Waals surface area contributed by atoms with Gasteiger partial charge in [-0.2, -0.15) is 0 Å². The molecule has 30 heavy (non-hydrogen) atoms. The molecule has 2 aromatic carbocycles. The number of nitrogens with zero attached hydrogens (tertiary/aromatic N) is 3. The molecule has 1 saturated heterocycles. The highest BCUT2D eigenvalue weighted by atomic mass is 16.6. The molecule has 0 radical (unpaired) electrons. The lowest BCUT2D eigenvalue weighted by Crippen LogP contribution is -2.45. The summed E-state index contributed by atoms with van der Waals surface area (Å²) in [4.78, 5) is 15.6. The summed E-state index contributed by atoms with van der Waals surface area (Å²) in [7, 11) is 1.32. The highest BCUT2D eigenvalue weighted by Crippen LogP contribution is 2.39. The van der Waals surface area contributed by atoms with Gasteiger partial charge in [0.1, 0.15) is 13.2 Å². The minimum Gasteiger partial charge on any atom is -0.504 e. The van der Waals surface area contributed by atoms with Crippen LogP contribution in [0.4, 0.5) is 5.69 Å². The first-order chi connectivity index (χ1) is 14.5. The van der Waals surface area contributed by atoms with Crippen LogP contribution in [0, 0.1) is 10.1 Å². The number of fused-ring (bicyclic) bond motifs is 1. The number of phenolic OH excluding ortho intramolecular Hbond substituents is 1. The van der Waals surface area contributed by atoms with Gasteiger partial charge in [-0.15, -0.1) is 0 Å². The molecule has 160 valence electrons. The number of rotatable bonds is 6. The van der Waals surface area contributed by atoms with E-state index in [1.807, 2.05) is 12.1 Å². The van der Waals surface area contributed by atoms with Crippen molar-refractivity contribution in [1.82, 2.24) is 9.80 Å². The molecular formula is C21H25N3O6. The van der Waals surface area contributed by atoms with E-state index in [1.165, 1.54) is 18.7 Å². The molecular weight excluding hydrogens is 390 g/mol. The number of nitro benzene ring substituents is 1. The van der Waals surface area contributed by atoms with Gasteiger partial charge < -0.3 is 19.3 Å². The Kier molecular flexibility index (Phi) is 5.91. The second-order valence-electron chi connectivity index (χ2n) is 7.41. The number of piperazine rings is 1. The van der Waals surface area contributed by atoms with Gasteiger partial charge in [-0.05, 0) is 29.8 Å². The van der Waals surface area contributed by atoms with E-state index in [2.05, 4.69) is 15.9 Å². The highest BCUT2D eigenvalue weighted by Gasteiger charge is 2.27. The fourth-order valence-electron chi connectivity index (χ4n) is 3.92. The lowest BCUT2D eigenvalue weighted by Gasteiger charge is -2.34. The fourth-order valence-corrected chi connectivity index (χ4v) is 3.92. The average molecular weight is 415 g/mol. The van der Waals surface area contributed by atoms with E-state index in [9.17, 15) is 15.2 Å². The maximum atomic E-state index is 11.5. The normalized spacial score (nSPS) is 17.0. The maximum Gasteiger partial charge on any atom is 0.319 e. The molecule has 1 N–H and O–H groups in total. The van der Waals surface area contributed by atoms with Crippen molar-refractivity contribution in [2.45, 2.75) is 13.1 Å². The van der Waals surface area contributed by atoms with E-state index >= 15 is 0 Å². The van der Waals surface area contributed by atoms with Gasteiger partial charge in [0.15, 0.2) is 17.2 Å². The molecule has 0 bridgehead atoms. The summed E-state index contributed by atoms with van der Waals surface area (Å²) < 4.78 is 16.3. The Hall–Kier alpha value is -3.04. The summed E-state index contributed by atoms with van der Waals surface area (Å²) >= 11 is 0. The number of methoxy groups -OCH3 is 1. The predicted octanol–water partition coefficient (Wildman–Crippen LogP) is 2.40. The number of ether oxygens (including phenoxy) is 3. The first-order valence-corrected chi connectivity index (χ1v) is 9.91. The number of nitro groups is 1. The molecule has 9 heteroatoms. The van der Waals surface area contributed by atoms with Crippen LogP contribution in [0.5, 0.6) is 23.0 Å². The molecule has 0 unspecified atom stereocenters. The van der Waals surface area contributed by atoms with Crippen molar-refractivity contribution in [1.29, 1.82) is 0 Å². The largest absolute Gasteiger partial charge is 0.504 e. The van der Waals surface area contributed by atoms with Crippen LogP contribution >= 0.6 is 0 Å². The smallest absolute Gasteiger partial charge is 0.319 e. The molecule has 1 fully saturated rings. The van der Waals surface area contributed by atoms with E-state index in [-0.39, 0.29) is 17.2 Å². The van der Waals surface area contributed by atoms with Crippen molar-refractivity contribution >= 4 is 5.69 Å². The zero-order valence-electron chi connectivity index (χ0n) is 16.9. The van der Waals surface area contributed by atoms with Crippen molar-refractivity contribution in [3.8, 4) is 23.0 Å². The molecule has 0 atom stereocenters. The van der Waals surface area contributed by atoms with Crippen LogP contribution in [0.2, 0.25) is 0 Å². The lowest BCUT2D eigenvalue weighted by atomic mass is 10.1. The minimum atomic E-state index is -0.494. The Bertz CT molecular complexity index is 927. The van der Waals surface area contributed by atoms with Gasteiger partial charge in [-0.1, -0.05) is 6.07 Å². The van der Waals surface area contributed by atoms with Gasteiger partial charge in [0.2, 0.25) is 5.75 Å². The zero-order chi connectivity index (χ0) is 21.1. The van der Waals surface area contributed by atoms with Crippen molar-refractivity contribution in [2.24, 2.45) is 0 Å². The summed E-state index contributed by atoms with van der Waals surface area (Å²) in [6.45, 7) is 5.72. The van der Waals surface area contributed by atoms with Gasteiger partial charge in [0.05, 0.1) is 12.0 Å². The molecule has 9 nitrogen and oxygen atoms in total. The molecule has 0 amide bonds. The Morgan fingerprint density at radius 2 is 1.70 bits per heavy atom. The van der Waals surface area contributed by atoms with Gasteiger partial charge in [0, 0.05) is 44.8 Å². The molecule has 2 heterocycles. The van der Waals surface area contributed by atoms with Gasteiger partial charge in [-0.3, -0.25) is 19.9 Å². The highest BCUT2D eigenvalue weighted by molar-refractivity contribution is 5.60. The van der Waals surface area contributed by atoms with Gasteiger partial charge in [-0.25, -0.2) is 0 Å². The molecule has 4 rings (SSSR count). The number of hydrogen-bond acceptors (Lipinski definition) is 8. The monoisotopic (exact) mass is 415 g/mol. The summed E-state index contributed by atoms with van der Waals surface area (Å²) in [6, 6.07) is 9.09. The van der Waals surface area contributed by atoms with Crippen LogP contribution in [0.1, 0.15) is 11.1 Å². The third kappa shape index (κ3) is 4.27. The Labute approximate surface area is 174 Å². The second-order valence-corrected chi connectivity index (χ2v) is 7.41. The summed E-state index contributed by atoms with van der Waals surface area (Å²) in [5.41, 5.74) is 1.54. The Balaban J connectivity index is 1.37. The number of hydrogen-bond donors (Lipinski definition) is 1. The molecule has 2 aliphatic heterocycles. The van der Waals surface area contributed by atoms with E-state index in [4.69, 9.17) is 14.2 Å². The molecule has 0 aromatic heterocycles. The number of benzene rings is 2. The fraction of sp³-hybridized carbons (Fsp3) is 0.429. The quantitative estimate of drug-likeness (QED) is 0.567. The number of phenols is 1. The third-order valence-electron chi connectivity index (χ3n) is 5.45. The lowest BCUT2D eigenvalue weighted by molar-refractivity contribution is -0.386. The number of aromatic hydroxyl groups is 1. The predicted molar refractivity (Wildman–Crippen MR) is 109 cm³/mol. The van der Waals surface area contributed by atoms with Gasteiger partial charge >= 0.3 is 5.69 Å². The van der Waals surface area contributed by atoms with Crippen LogP contribution in [0.3, 0.4) is 0 Å². The Morgan fingerprint density at radius 1 is 1.03 bits per heavy atom. The zero-order valence-corrected chi connectivity index (χ0v) is 16.9. The molecule has 2 aliphatic rings. The van der Waals surface area contributed by atoms with E-state index in [1.54, 1.807) is 6.07 Å². The van der Waals surface area contributed by atoms with Gasteiger partial charge in [0.25, 0.3) is 0 Å². The van der Waals surface area contributed by atoms with Crippen LogP contribution < -0.4 is 14.2 Å². The average Bonchev–Trinajstić information content (AvgIpc) is 2.75. The topological polar surface area (TPSA) is 97.5 Å². The standard InChI is InChI=1S/C21H25N3O6/c1-28-21-17(25)4-3-16(20(21)24(26)27)14-23-8-6-22(7-9-23)13-15-2-5-18-19(12-15)30-11-10-29-18/h2-5,12,25H,6-11,13-14H2,1H3. The molecule has 0 aliphatic carbocycles. The van der Waals surface area contributed by atoms with Crippen molar-refractivity contribution < 1.29 is 24.2 Å². The van der Waals surface area contributed by atoms with Crippen molar-refractivity contribution in [3.63, 3.8) is 0 Å². The maximum absolute atomic E-state index is 11.5. The molecule has 2 aromatic rings. The van der Waals surface area contributed by atoms with Crippen molar-refractivity contribution in [2.75, 3.05) is 46.5 Å². The minimum absolute atomic E-state index is 0.0882. The first kappa shape index (κ1) is 20.2. The van der Waals surface area contributed by atoms with Crippen molar-refractivity contribution in [3.05, 3.63) is 51.6 Å². The summed E-state index contributed by atoms with van der Waals surface area (Å²) in [5.74, 6) is 1.28. The van der Waals surface area contributed by atoms with Crippen LogP contribution in [-0.4, -0.2) is 66.3 Å². The first-order valence-electron chi connectivity index (χ1n) is 9.91. The SMILES string of the molecule is COc1c(O)ccc(CN2CCN(Cc3ccc4c(c3)OCCO4)CC2)c1[N+](=O)[O-]. The van der Waals surface area contributed by atoms with E-state index in [0.717, 1.165) is 44.2 Å². The molecule has 0 spiro atoms. The summed E-state index contributed by atoms with van der Waals surface area (Å²) in [5, 5.41) is 21.4. The van der Waals surface area contributed by atoms with Crippen LogP contribution in [-0.2, 0) is 13.1 Å². The van der Waals surface area contributed by atoms with E-state index in [0.29, 0.717) is 25.3 Å². The van der Waals surface area contributed by atoms with Crippen LogP contribution in [0.15, 0.2) is 30.3 Å². The molecule has 0 saturated carbocycles. The summed E-state index contributed by atoms with van der Waals surface area (Å²) in [6.07, 6.45) is 0. The Morgan fingerprint density at radius 3 is 2.37 bits per heavy atom. The van der Waals surface area contributed by atoms with E-state index < -0.39 is 4.92 Å². The second kappa shape index (κ2) is 8.76.